The molecule has 12 heavy (non-hydrogen) atoms. The first-order valence-corrected chi connectivity index (χ1v) is 5.04. The van der Waals surface area contributed by atoms with E-state index in [2.05, 4.69) is 37.8 Å². The Morgan fingerprint density at radius 1 is 1.33 bits per heavy atom. The van der Waals surface area contributed by atoms with Crippen molar-refractivity contribution in [3.8, 4) is 0 Å². The van der Waals surface area contributed by atoms with E-state index in [9.17, 15) is 0 Å². The first-order chi connectivity index (χ1) is 5.75. The Balaban J connectivity index is 2.37. The van der Waals surface area contributed by atoms with Gasteiger partial charge in [0.15, 0.2) is 0 Å². The van der Waals surface area contributed by atoms with Gasteiger partial charge in [-0.05, 0) is 37.3 Å². The maximum atomic E-state index is 4.51. The van der Waals surface area contributed by atoms with Crippen molar-refractivity contribution in [1.82, 2.24) is 0 Å². The minimum Gasteiger partial charge on any atom is -0.176 e. The molecule has 0 fully saturated rings. The molecule has 0 saturated carbocycles. The van der Waals surface area contributed by atoms with E-state index in [-0.39, 0.29) is 0 Å². The van der Waals surface area contributed by atoms with Gasteiger partial charge in [0, 0.05) is 5.25 Å². The fraction of sp³-hybridized carbons (Fsp3) is 0.455. The molecule has 0 nitrogen and oxygen atoms in total. The third-order valence-corrected chi connectivity index (χ3v) is 3.00. The van der Waals surface area contributed by atoms with Crippen molar-refractivity contribution in [2.45, 2.75) is 31.4 Å². The van der Waals surface area contributed by atoms with Gasteiger partial charge >= 0.3 is 0 Å². The van der Waals surface area contributed by atoms with Crippen LogP contribution in [-0.2, 0) is 12.8 Å². The van der Waals surface area contributed by atoms with Crippen molar-refractivity contribution in [3.63, 3.8) is 0 Å². The minimum atomic E-state index is 0.584. The summed E-state index contributed by atoms with van der Waals surface area (Å²) in [7, 11) is 0. The number of thiol groups is 1. The second-order valence-corrected chi connectivity index (χ2v) is 4.40. The lowest BCUT2D eigenvalue weighted by Crippen LogP contribution is -2.13. The molecule has 1 atom stereocenters. The number of rotatable bonds is 0. The van der Waals surface area contributed by atoms with Crippen LogP contribution in [0.15, 0.2) is 18.2 Å². The SMILES string of the molecule is Cc1ccc2c(c1)CCC(S)C2. The number of hydrogen-bond donors (Lipinski definition) is 1. The lowest BCUT2D eigenvalue weighted by molar-refractivity contribution is 0.705. The molecule has 1 aliphatic carbocycles. The first kappa shape index (κ1) is 8.18. The highest BCUT2D eigenvalue weighted by molar-refractivity contribution is 7.80. The lowest BCUT2D eigenvalue weighted by Gasteiger charge is -2.20. The van der Waals surface area contributed by atoms with Crippen molar-refractivity contribution in [2.75, 3.05) is 0 Å². The van der Waals surface area contributed by atoms with Crippen molar-refractivity contribution in [3.05, 3.63) is 34.9 Å². The molecule has 1 aromatic rings. The first-order valence-electron chi connectivity index (χ1n) is 4.52. The summed E-state index contributed by atoms with van der Waals surface area (Å²) in [6.45, 7) is 2.16. The summed E-state index contributed by atoms with van der Waals surface area (Å²) in [5.41, 5.74) is 4.43. The average Bonchev–Trinajstić information content (AvgIpc) is 2.05. The van der Waals surface area contributed by atoms with Crippen LogP contribution in [0, 0.1) is 6.92 Å². The van der Waals surface area contributed by atoms with E-state index in [1.165, 1.54) is 24.0 Å². The van der Waals surface area contributed by atoms with Crippen molar-refractivity contribution >= 4 is 12.6 Å². The van der Waals surface area contributed by atoms with Gasteiger partial charge in [0.1, 0.15) is 0 Å². The van der Waals surface area contributed by atoms with Crippen LogP contribution in [-0.4, -0.2) is 5.25 Å². The normalized spacial score (nSPS) is 22.0. The fourth-order valence-electron chi connectivity index (χ4n) is 1.86. The van der Waals surface area contributed by atoms with Crippen molar-refractivity contribution < 1.29 is 0 Å². The van der Waals surface area contributed by atoms with E-state index < -0.39 is 0 Å². The zero-order chi connectivity index (χ0) is 8.55. The Hall–Kier alpha value is -0.430. The second kappa shape index (κ2) is 3.14. The Kier molecular flexibility index (Phi) is 2.14. The quantitative estimate of drug-likeness (QED) is 0.580. The highest BCUT2D eigenvalue weighted by Gasteiger charge is 2.14. The molecule has 0 aromatic heterocycles. The highest BCUT2D eigenvalue weighted by atomic mass is 32.1. The van der Waals surface area contributed by atoms with Crippen LogP contribution in [0.1, 0.15) is 23.1 Å². The molecule has 0 radical (unpaired) electrons. The molecule has 64 valence electrons. The largest absolute Gasteiger partial charge is 0.176 e. The summed E-state index contributed by atoms with van der Waals surface area (Å²) in [6.07, 6.45) is 3.60. The molecule has 1 heteroatoms. The van der Waals surface area contributed by atoms with Crippen molar-refractivity contribution in [2.24, 2.45) is 0 Å². The summed E-state index contributed by atoms with van der Waals surface area (Å²) in [5, 5.41) is 0.584. The zero-order valence-electron chi connectivity index (χ0n) is 7.38. The van der Waals surface area contributed by atoms with Crippen LogP contribution >= 0.6 is 12.6 Å². The third-order valence-electron chi connectivity index (χ3n) is 2.56. The monoisotopic (exact) mass is 178 g/mol. The maximum absolute atomic E-state index is 4.51. The smallest absolute Gasteiger partial charge is 0.00604 e. The molecule has 0 bridgehead atoms. The molecular formula is C11H14S. The lowest BCUT2D eigenvalue weighted by atomic mass is 9.90. The third kappa shape index (κ3) is 1.51. The fourth-order valence-corrected chi connectivity index (χ4v) is 2.19. The van der Waals surface area contributed by atoms with E-state index in [1.807, 2.05) is 0 Å². The van der Waals surface area contributed by atoms with E-state index in [0.717, 1.165) is 6.42 Å². The predicted molar refractivity (Wildman–Crippen MR) is 56.0 cm³/mol. The van der Waals surface area contributed by atoms with Gasteiger partial charge in [0.05, 0.1) is 0 Å². The molecular weight excluding hydrogens is 164 g/mol. The summed E-state index contributed by atoms with van der Waals surface area (Å²) < 4.78 is 0. The molecule has 1 unspecified atom stereocenters. The Bertz CT molecular complexity index is 291. The topological polar surface area (TPSA) is 0 Å². The van der Waals surface area contributed by atoms with Gasteiger partial charge in [-0.25, -0.2) is 0 Å². The van der Waals surface area contributed by atoms with E-state index >= 15 is 0 Å². The van der Waals surface area contributed by atoms with Gasteiger partial charge in [-0.15, -0.1) is 0 Å². The molecule has 0 saturated heterocycles. The standard InChI is InChI=1S/C11H14S/c1-8-2-3-10-7-11(12)5-4-9(10)6-8/h2-3,6,11-12H,4-5,7H2,1H3. The van der Waals surface area contributed by atoms with Gasteiger partial charge in [-0.1, -0.05) is 23.8 Å². The predicted octanol–water partition coefficient (Wildman–Crippen LogP) is 2.78. The minimum absolute atomic E-state index is 0.584. The summed E-state index contributed by atoms with van der Waals surface area (Å²) in [6, 6.07) is 6.77. The van der Waals surface area contributed by atoms with Crippen LogP contribution in [0.4, 0.5) is 0 Å². The highest BCUT2D eigenvalue weighted by Crippen LogP contribution is 2.24. The van der Waals surface area contributed by atoms with Gasteiger partial charge in [-0.3, -0.25) is 0 Å². The van der Waals surface area contributed by atoms with Gasteiger partial charge in [0.25, 0.3) is 0 Å². The Labute approximate surface area is 79.4 Å². The van der Waals surface area contributed by atoms with Crippen LogP contribution in [0.3, 0.4) is 0 Å². The molecule has 1 aliphatic rings. The summed E-state index contributed by atoms with van der Waals surface area (Å²) >= 11 is 4.51. The molecule has 0 N–H and O–H groups in total. The van der Waals surface area contributed by atoms with Gasteiger partial charge in [-0.2, -0.15) is 12.6 Å². The van der Waals surface area contributed by atoms with E-state index in [1.54, 1.807) is 5.56 Å². The molecule has 2 rings (SSSR count). The zero-order valence-corrected chi connectivity index (χ0v) is 8.27. The van der Waals surface area contributed by atoms with E-state index in [0.29, 0.717) is 5.25 Å². The van der Waals surface area contributed by atoms with Gasteiger partial charge < -0.3 is 0 Å². The van der Waals surface area contributed by atoms with Gasteiger partial charge in [0.2, 0.25) is 0 Å². The number of fused-ring (bicyclic) bond motifs is 1. The molecule has 0 aliphatic heterocycles. The molecule has 0 spiro atoms. The van der Waals surface area contributed by atoms with Crippen LogP contribution in [0.2, 0.25) is 0 Å². The number of aryl methyl sites for hydroxylation is 2. The van der Waals surface area contributed by atoms with Crippen LogP contribution in [0.25, 0.3) is 0 Å². The van der Waals surface area contributed by atoms with E-state index in [4.69, 9.17) is 0 Å². The average molecular weight is 178 g/mol. The second-order valence-electron chi connectivity index (χ2n) is 3.67. The molecule has 0 amide bonds. The van der Waals surface area contributed by atoms with Crippen molar-refractivity contribution in [1.29, 1.82) is 0 Å². The number of hydrogen-bond acceptors (Lipinski definition) is 1. The number of benzene rings is 1. The van der Waals surface area contributed by atoms with Crippen LogP contribution < -0.4 is 0 Å². The summed E-state index contributed by atoms with van der Waals surface area (Å²) in [4.78, 5) is 0. The maximum Gasteiger partial charge on any atom is 0.00604 e. The Morgan fingerprint density at radius 3 is 3.00 bits per heavy atom. The summed E-state index contributed by atoms with van der Waals surface area (Å²) in [5.74, 6) is 0. The molecule has 1 aromatic carbocycles. The Morgan fingerprint density at radius 2 is 2.17 bits per heavy atom. The molecule has 0 heterocycles. The van der Waals surface area contributed by atoms with Crippen LogP contribution in [0.5, 0.6) is 0 Å².